The molecule has 3 unspecified atom stereocenters. The number of hydrogen-bond donors (Lipinski definition) is 4. The van der Waals surface area contributed by atoms with Gasteiger partial charge in [0.15, 0.2) is 0 Å². The van der Waals surface area contributed by atoms with Gasteiger partial charge in [-0.3, -0.25) is 4.79 Å². The lowest BCUT2D eigenvalue weighted by Gasteiger charge is -2.15. The Morgan fingerprint density at radius 1 is 1.11 bits per heavy atom. The number of hydrogen-bond acceptors (Lipinski definition) is 4. The summed E-state index contributed by atoms with van der Waals surface area (Å²) in [5.74, 6) is 0. The predicted octanol–water partition coefficient (Wildman–Crippen LogP) is 1.01. The standard InChI is InChI=1S/C13H23N3.CH2O2/c1-9(14)7-11-3-5-12(6-4-11)13(16)8-10(2)15;2-1-3/h3-6,9-10,13H,7-8,14-16H2,1-2H3;1H,(H,2,3). The zero-order valence-electron chi connectivity index (χ0n) is 11.6. The van der Waals surface area contributed by atoms with Gasteiger partial charge in [-0.2, -0.15) is 0 Å². The van der Waals surface area contributed by atoms with Crippen LogP contribution in [0.4, 0.5) is 0 Å². The molecule has 0 radical (unpaired) electrons. The molecule has 1 aromatic carbocycles. The van der Waals surface area contributed by atoms with E-state index in [1.807, 2.05) is 13.8 Å². The van der Waals surface area contributed by atoms with E-state index >= 15 is 0 Å². The second-order valence-corrected chi connectivity index (χ2v) is 4.85. The Kier molecular flexibility index (Phi) is 8.78. The normalized spacial score (nSPS) is 14.8. The van der Waals surface area contributed by atoms with Crippen molar-refractivity contribution in [2.75, 3.05) is 0 Å². The van der Waals surface area contributed by atoms with E-state index in [1.54, 1.807) is 0 Å². The molecule has 3 atom stereocenters. The van der Waals surface area contributed by atoms with Gasteiger partial charge in [-0.1, -0.05) is 24.3 Å². The zero-order valence-corrected chi connectivity index (χ0v) is 11.6. The molecule has 0 heterocycles. The smallest absolute Gasteiger partial charge is 0.290 e. The van der Waals surface area contributed by atoms with Gasteiger partial charge in [0.25, 0.3) is 6.47 Å². The Bertz CT molecular complexity index is 350. The Morgan fingerprint density at radius 2 is 1.58 bits per heavy atom. The Labute approximate surface area is 114 Å². The third kappa shape index (κ3) is 8.31. The van der Waals surface area contributed by atoms with Crippen molar-refractivity contribution in [1.82, 2.24) is 0 Å². The lowest BCUT2D eigenvalue weighted by molar-refractivity contribution is -0.122. The first-order valence-corrected chi connectivity index (χ1v) is 6.34. The first-order valence-electron chi connectivity index (χ1n) is 6.34. The largest absolute Gasteiger partial charge is 0.483 e. The minimum atomic E-state index is -0.250. The molecular formula is C14H25N3O2. The van der Waals surface area contributed by atoms with Crippen LogP contribution >= 0.6 is 0 Å². The van der Waals surface area contributed by atoms with Gasteiger partial charge in [0, 0.05) is 18.1 Å². The molecule has 5 heteroatoms. The molecule has 0 saturated heterocycles. The molecular weight excluding hydrogens is 242 g/mol. The number of benzene rings is 1. The molecule has 0 aliphatic heterocycles. The van der Waals surface area contributed by atoms with E-state index < -0.39 is 0 Å². The van der Waals surface area contributed by atoms with Gasteiger partial charge in [-0.15, -0.1) is 0 Å². The summed E-state index contributed by atoms with van der Waals surface area (Å²) in [7, 11) is 0. The van der Waals surface area contributed by atoms with E-state index in [9.17, 15) is 0 Å². The van der Waals surface area contributed by atoms with Crippen LogP contribution in [-0.4, -0.2) is 23.7 Å². The van der Waals surface area contributed by atoms with Gasteiger partial charge >= 0.3 is 0 Å². The van der Waals surface area contributed by atoms with Gasteiger partial charge in [-0.05, 0) is 37.8 Å². The fourth-order valence-corrected chi connectivity index (χ4v) is 1.81. The molecule has 0 spiro atoms. The maximum absolute atomic E-state index is 8.36. The second kappa shape index (κ2) is 9.49. The van der Waals surface area contributed by atoms with Crippen LogP contribution in [-0.2, 0) is 11.2 Å². The van der Waals surface area contributed by atoms with E-state index in [4.69, 9.17) is 27.1 Å². The predicted molar refractivity (Wildman–Crippen MR) is 77.7 cm³/mol. The summed E-state index contributed by atoms with van der Waals surface area (Å²) in [6, 6.07) is 8.71. The van der Waals surface area contributed by atoms with Gasteiger partial charge in [0.1, 0.15) is 0 Å². The molecule has 0 aliphatic carbocycles. The Hall–Kier alpha value is -1.43. The van der Waals surface area contributed by atoms with Crippen LogP contribution in [0.15, 0.2) is 24.3 Å². The molecule has 0 aromatic heterocycles. The van der Waals surface area contributed by atoms with Crippen LogP contribution in [0.5, 0.6) is 0 Å². The van der Waals surface area contributed by atoms with Crippen molar-refractivity contribution in [2.24, 2.45) is 17.2 Å². The molecule has 0 amide bonds. The minimum Gasteiger partial charge on any atom is -0.483 e. The summed E-state index contributed by atoms with van der Waals surface area (Å²) in [4.78, 5) is 8.36. The number of nitrogens with two attached hydrogens (primary N) is 3. The topological polar surface area (TPSA) is 115 Å². The molecule has 1 rings (SSSR count). The average Bonchev–Trinajstić information content (AvgIpc) is 2.29. The van der Waals surface area contributed by atoms with Crippen molar-refractivity contribution in [3.05, 3.63) is 35.4 Å². The highest BCUT2D eigenvalue weighted by atomic mass is 16.3. The molecule has 7 N–H and O–H groups in total. The zero-order chi connectivity index (χ0) is 14.8. The highest BCUT2D eigenvalue weighted by Crippen LogP contribution is 2.16. The van der Waals surface area contributed by atoms with Crippen LogP contribution in [0.2, 0.25) is 0 Å². The summed E-state index contributed by atoms with van der Waals surface area (Å²) in [6.07, 6.45) is 1.72. The third-order valence-electron chi connectivity index (χ3n) is 2.59. The Balaban J connectivity index is 0.000000982. The number of carboxylic acid groups (broad SMARTS) is 1. The summed E-state index contributed by atoms with van der Waals surface area (Å²) in [5, 5.41) is 6.89. The fourth-order valence-electron chi connectivity index (χ4n) is 1.81. The fraction of sp³-hybridized carbons (Fsp3) is 0.500. The number of rotatable bonds is 5. The van der Waals surface area contributed by atoms with Crippen LogP contribution in [0.25, 0.3) is 0 Å². The lowest BCUT2D eigenvalue weighted by atomic mass is 9.98. The first kappa shape index (κ1) is 17.6. The molecule has 5 nitrogen and oxygen atoms in total. The van der Waals surface area contributed by atoms with Crippen molar-refractivity contribution in [3.8, 4) is 0 Å². The van der Waals surface area contributed by atoms with Crippen LogP contribution < -0.4 is 17.2 Å². The highest BCUT2D eigenvalue weighted by molar-refractivity contribution is 5.32. The van der Waals surface area contributed by atoms with Gasteiger partial charge in [-0.25, -0.2) is 0 Å². The van der Waals surface area contributed by atoms with Crippen molar-refractivity contribution in [3.63, 3.8) is 0 Å². The molecule has 108 valence electrons. The van der Waals surface area contributed by atoms with E-state index in [-0.39, 0.29) is 24.6 Å². The maximum Gasteiger partial charge on any atom is 0.290 e. The van der Waals surface area contributed by atoms with E-state index in [1.165, 1.54) is 5.56 Å². The maximum atomic E-state index is 8.36. The molecule has 0 saturated carbocycles. The van der Waals surface area contributed by atoms with E-state index in [0.29, 0.717) is 0 Å². The molecule has 0 fully saturated rings. The van der Waals surface area contributed by atoms with Crippen LogP contribution in [0.3, 0.4) is 0 Å². The van der Waals surface area contributed by atoms with E-state index in [2.05, 4.69) is 24.3 Å². The second-order valence-electron chi connectivity index (χ2n) is 4.85. The van der Waals surface area contributed by atoms with Crippen molar-refractivity contribution < 1.29 is 9.90 Å². The Morgan fingerprint density at radius 3 is 1.95 bits per heavy atom. The van der Waals surface area contributed by atoms with Gasteiger partial charge in [0.2, 0.25) is 0 Å². The summed E-state index contributed by atoms with van der Waals surface area (Å²) >= 11 is 0. The summed E-state index contributed by atoms with van der Waals surface area (Å²) in [5.41, 5.74) is 19.9. The SMILES string of the molecule is CC(N)Cc1ccc(C(N)CC(C)N)cc1.O=CO. The van der Waals surface area contributed by atoms with Gasteiger partial charge in [0.05, 0.1) is 0 Å². The average molecular weight is 267 g/mol. The lowest BCUT2D eigenvalue weighted by Crippen LogP contribution is -2.23. The molecule has 1 aromatic rings. The third-order valence-corrected chi connectivity index (χ3v) is 2.59. The van der Waals surface area contributed by atoms with Crippen molar-refractivity contribution in [1.29, 1.82) is 0 Å². The first-order chi connectivity index (χ1) is 8.90. The van der Waals surface area contributed by atoms with Crippen molar-refractivity contribution >= 4 is 6.47 Å². The summed E-state index contributed by atoms with van der Waals surface area (Å²) in [6.45, 7) is 3.74. The molecule has 0 bridgehead atoms. The monoisotopic (exact) mass is 267 g/mol. The van der Waals surface area contributed by atoms with Crippen molar-refractivity contribution in [2.45, 2.75) is 44.8 Å². The summed E-state index contributed by atoms with van der Waals surface area (Å²) < 4.78 is 0. The molecule has 19 heavy (non-hydrogen) atoms. The van der Waals surface area contributed by atoms with E-state index in [0.717, 1.165) is 18.4 Å². The number of carbonyl (C=O) groups is 1. The minimum absolute atomic E-state index is 0.0318. The van der Waals surface area contributed by atoms with Crippen LogP contribution in [0, 0.1) is 0 Å². The molecule has 0 aliphatic rings. The highest BCUT2D eigenvalue weighted by Gasteiger charge is 2.08. The van der Waals surface area contributed by atoms with Crippen LogP contribution in [0.1, 0.15) is 37.4 Å². The van der Waals surface area contributed by atoms with Gasteiger partial charge < -0.3 is 22.3 Å². The quantitative estimate of drug-likeness (QED) is 0.594.